The lowest BCUT2D eigenvalue weighted by atomic mass is 10.1. The molecule has 1 aromatic rings. The molecule has 1 amide bonds. The second-order valence-electron chi connectivity index (χ2n) is 5.63. The average molecular weight is 306 g/mol. The first-order valence-electron chi connectivity index (χ1n) is 7.96. The van der Waals surface area contributed by atoms with Gasteiger partial charge in [-0.15, -0.1) is 0 Å². The zero-order valence-corrected chi connectivity index (χ0v) is 13.3. The molecule has 1 heterocycles. The van der Waals surface area contributed by atoms with Crippen LogP contribution in [0.25, 0.3) is 0 Å². The fraction of sp³-hybridized carbons (Fsp3) is 0.588. The third kappa shape index (κ3) is 6.13. The summed E-state index contributed by atoms with van der Waals surface area (Å²) < 4.78 is 10.0. The second-order valence-corrected chi connectivity index (χ2v) is 5.63. The monoisotopic (exact) mass is 306 g/mol. The summed E-state index contributed by atoms with van der Waals surface area (Å²) in [6.45, 7) is 4.36. The molecular formula is C17H26N2O3. The van der Waals surface area contributed by atoms with E-state index in [0.717, 1.165) is 12.2 Å². The SMILES string of the molecule is COCCOCC(=O)Nc1ccc(CN2CCCCC2)cc1. The summed E-state index contributed by atoms with van der Waals surface area (Å²) in [6.07, 6.45) is 3.96. The van der Waals surface area contributed by atoms with E-state index in [1.807, 2.05) is 12.1 Å². The summed E-state index contributed by atoms with van der Waals surface area (Å²) in [5.74, 6) is -0.139. The fourth-order valence-corrected chi connectivity index (χ4v) is 2.57. The van der Waals surface area contributed by atoms with Gasteiger partial charge in [0.05, 0.1) is 13.2 Å². The van der Waals surface area contributed by atoms with Crippen molar-refractivity contribution in [2.75, 3.05) is 45.3 Å². The Bertz CT molecular complexity index is 442. The van der Waals surface area contributed by atoms with Gasteiger partial charge in [0.1, 0.15) is 6.61 Å². The molecule has 0 unspecified atom stereocenters. The van der Waals surface area contributed by atoms with Crippen molar-refractivity contribution in [2.24, 2.45) is 0 Å². The van der Waals surface area contributed by atoms with Crippen LogP contribution in [0.15, 0.2) is 24.3 Å². The van der Waals surface area contributed by atoms with Crippen LogP contribution in [0.3, 0.4) is 0 Å². The first-order chi connectivity index (χ1) is 10.8. The number of likely N-dealkylation sites (tertiary alicyclic amines) is 1. The Kier molecular flexibility index (Phi) is 7.36. The van der Waals surface area contributed by atoms with Crippen LogP contribution >= 0.6 is 0 Å². The van der Waals surface area contributed by atoms with Gasteiger partial charge in [0.2, 0.25) is 5.91 Å². The molecule has 0 bridgehead atoms. The van der Waals surface area contributed by atoms with Gasteiger partial charge in [-0.25, -0.2) is 0 Å². The summed E-state index contributed by atoms with van der Waals surface area (Å²) in [6, 6.07) is 8.06. The average Bonchev–Trinajstić information content (AvgIpc) is 2.54. The van der Waals surface area contributed by atoms with Crippen molar-refractivity contribution in [3.8, 4) is 0 Å². The lowest BCUT2D eigenvalue weighted by molar-refractivity contribution is -0.121. The van der Waals surface area contributed by atoms with Gasteiger partial charge in [-0.1, -0.05) is 18.6 Å². The van der Waals surface area contributed by atoms with Gasteiger partial charge in [-0.3, -0.25) is 9.69 Å². The molecule has 0 saturated carbocycles. The number of piperidine rings is 1. The van der Waals surface area contributed by atoms with Crippen molar-refractivity contribution in [3.05, 3.63) is 29.8 Å². The van der Waals surface area contributed by atoms with Crippen LogP contribution in [0.5, 0.6) is 0 Å². The van der Waals surface area contributed by atoms with Gasteiger partial charge >= 0.3 is 0 Å². The smallest absolute Gasteiger partial charge is 0.250 e. The van der Waals surface area contributed by atoms with Crippen molar-refractivity contribution in [1.82, 2.24) is 4.90 Å². The number of methoxy groups -OCH3 is 1. The minimum Gasteiger partial charge on any atom is -0.382 e. The molecule has 1 aliphatic rings. The normalized spacial score (nSPS) is 15.7. The molecule has 0 aliphatic carbocycles. The van der Waals surface area contributed by atoms with Gasteiger partial charge in [-0.2, -0.15) is 0 Å². The molecule has 1 aliphatic heterocycles. The van der Waals surface area contributed by atoms with Crippen molar-refractivity contribution in [2.45, 2.75) is 25.8 Å². The van der Waals surface area contributed by atoms with Gasteiger partial charge in [0.25, 0.3) is 0 Å². The van der Waals surface area contributed by atoms with Crippen molar-refractivity contribution < 1.29 is 14.3 Å². The number of amides is 1. The van der Waals surface area contributed by atoms with Crippen LogP contribution < -0.4 is 5.32 Å². The molecule has 22 heavy (non-hydrogen) atoms. The Morgan fingerprint density at radius 1 is 1.14 bits per heavy atom. The maximum atomic E-state index is 11.7. The first kappa shape index (κ1) is 16.9. The van der Waals surface area contributed by atoms with Crippen LogP contribution in [-0.2, 0) is 20.8 Å². The molecule has 5 heteroatoms. The molecule has 0 atom stereocenters. The summed E-state index contributed by atoms with van der Waals surface area (Å²) in [5, 5.41) is 2.83. The minimum atomic E-state index is -0.139. The standard InChI is InChI=1S/C17H26N2O3/c1-21-11-12-22-14-17(20)18-16-7-5-15(6-8-16)13-19-9-3-2-4-10-19/h5-8H,2-4,9-14H2,1H3,(H,18,20). The third-order valence-electron chi connectivity index (χ3n) is 3.76. The van der Waals surface area contributed by atoms with E-state index in [-0.39, 0.29) is 12.5 Å². The topological polar surface area (TPSA) is 50.8 Å². The van der Waals surface area contributed by atoms with Crippen LogP contribution in [0.4, 0.5) is 5.69 Å². The summed E-state index contributed by atoms with van der Waals surface area (Å²) >= 11 is 0. The molecule has 2 rings (SSSR count). The Morgan fingerprint density at radius 3 is 2.55 bits per heavy atom. The maximum Gasteiger partial charge on any atom is 0.250 e. The number of anilines is 1. The first-order valence-corrected chi connectivity index (χ1v) is 7.96. The van der Waals surface area contributed by atoms with Crippen molar-refractivity contribution in [3.63, 3.8) is 0 Å². The minimum absolute atomic E-state index is 0.0545. The predicted molar refractivity (Wildman–Crippen MR) is 86.9 cm³/mol. The predicted octanol–water partition coefficient (Wildman–Crippen LogP) is 2.27. The largest absolute Gasteiger partial charge is 0.382 e. The zero-order chi connectivity index (χ0) is 15.6. The lowest BCUT2D eigenvalue weighted by Gasteiger charge is -2.26. The second kappa shape index (κ2) is 9.56. The van der Waals surface area contributed by atoms with Gasteiger partial charge in [0.15, 0.2) is 0 Å². The number of nitrogens with zero attached hydrogens (tertiary/aromatic N) is 1. The van der Waals surface area contributed by atoms with Gasteiger partial charge in [0, 0.05) is 19.3 Å². The van der Waals surface area contributed by atoms with Crippen LogP contribution in [0, 0.1) is 0 Å². The molecule has 1 aromatic carbocycles. The lowest BCUT2D eigenvalue weighted by Crippen LogP contribution is -2.29. The highest BCUT2D eigenvalue weighted by molar-refractivity contribution is 5.91. The number of nitrogens with one attached hydrogen (secondary N) is 1. The van der Waals surface area contributed by atoms with E-state index in [2.05, 4.69) is 22.3 Å². The maximum absolute atomic E-state index is 11.7. The number of carbonyl (C=O) groups is 1. The Labute approximate surface area is 132 Å². The molecule has 122 valence electrons. The van der Waals surface area contributed by atoms with Crippen molar-refractivity contribution in [1.29, 1.82) is 0 Å². The van der Waals surface area contributed by atoms with E-state index < -0.39 is 0 Å². The van der Waals surface area contributed by atoms with E-state index in [1.165, 1.54) is 37.9 Å². The molecule has 1 saturated heterocycles. The van der Waals surface area contributed by atoms with Gasteiger partial charge in [-0.05, 0) is 43.6 Å². The van der Waals surface area contributed by atoms with Crippen LogP contribution in [0.2, 0.25) is 0 Å². The number of rotatable bonds is 8. The molecular weight excluding hydrogens is 280 g/mol. The van der Waals surface area contributed by atoms with E-state index >= 15 is 0 Å². The van der Waals surface area contributed by atoms with Crippen LogP contribution in [0.1, 0.15) is 24.8 Å². The Hall–Kier alpha value is -1.43. The number of benzene rings is 1. The number of hydrogen-bond donors (Lipinski definition) is 1. The Balaban J connectivity index is 1.72. The summed E-state index contributed by atoms with van der Waals surface area (Å²) in [4.78, 5) is 14.2. The van der Waals surface area contributed by atoms with Gasteiger partial charge < -0.3 is 14.8 Å². The fourth-order valence-electron chi connectivity index (χ4n) is 2.57. The highest BCUT2D eigenvalue weighted by Gasteiger charge is 2.10. The molecule has 1 N–H and O–H groups in total. The summed E-state index contributed by atoms with van der Waals surface area (Å²) in [7, 11) is 1.61. The number of ether oxygens (including phenoxy) is 2. The number of hydrogen-bond acceptors (Lipinski definition) is 4. The molecule has 5 nitrogen and oxygen atoms in total. The summed E-state index contributed by atoms with van der Waals surface area (Å²) in [5.41, 5.74) is 2.10. The zero-order valence-electron chi connectivity index (χ0n) is 13.3. The highest BCUT2D eigenvalue weighted by atomic mass is 16.5. The highest BCUT2D eigenvalue weighted by Crippen LogP contribution is 2.15. The Morgan fingerprint density at radius 2 is 1.86 bits per heavy atom. The van der Waals surface area contributed by atoms with Crippen molar-refractivity contribution >= 4 is 11.6 Å². The van der Waals surface area contributed by atoms with E-state index in [9.17, 15) is 4.79 Å². The molecule has 0 spiro atoms. The number of carbonyl (C=O) groups excluding carboxylic acids is 1. The molecule has 0 aromatic heterocycles. The van der Waals surface area contributed by atoms with Crippen LogP contribution in [-0.4, -0.2) is 50.8 Å². The third-order valence-corrected chi connectivity index (χ3v) is 3.76. The molecule has 1 fully saturated rings. The van der Waals surface area contributed by atoms with E-state index in [1.54, 1.807) is 7.11 Å². The quantitative estimate of drug-likeness (QED) is 0.749. The van der Waals surface area contributed by atoms with E-state index in [0.29, 0.717) is 13.2 Å². The molecule has 0 radical (unpaired) electrons. The van der Waals surface area contributed by atoms with E-state index in [4.69, 9.17) is 9.47 Å².